The molecule has 0 fully saturated rings. The number of nitrogens with zero attached hydrogens (tertiary/aromatic N) is 3. The highest BCUT2D eigenvalue weighted by atomic mass is 35.5. The second kappa shape index (κ2) is 11.6. The number of methoxy groups -OCH3 is 2. The van der Waals surface area contributed by atoms with Crippen LogP contribution in [0.25, 0.3) is 11.8 Å². The van der Waals surface area contributed by atoms with Crippen molar-refractivity contribution in [3.8, 4) is 17.2 Å². The summed E-state index contributed by atoms with van der Waals surface area (Å²) in [6.45, 7) is 7.47. The van der Waals surface area contributed by atoms with Crippen molar-refractivity contribution in [3.63, 3.8) is 0 Å². The molecule has 2 aromatic heterocycles. The largest absolute Gasteiger partial charge is 0.497 e. The first-order valence-corrected chi connectivity index (χ1v) is 14.3. The van der Waals surface area contributed by atoms with Crippen molar-refractivity contribution >= 4 is 35.0 Å². The van der Waals surface area contributed by atoms with E-state index in [-0.39, 0.29) is 22.8 Å². The topological polar surface area (TPSA) is 84.1 Å². The molecule has 4 aromatic rings. The molecule has 0 amide bonds. The van der Waals surface area contributed by atoms with Crippen LogP contribution in [0.1, 0.15) is 42.4 Å². The summed E-state index contributed by atoms with van der Waals surface area (Å²) in [5, 5.41) is 0.0246. The van der Waals surface area contributed by atoms with Gasteiger partial charge in [0.05, 0.1) is 41.7 Å². The molecule has 0 bridgehead atoms. The summed E-state index contributed by atoms with van der Waals surface area (Å²) in [6, 6.07) is 10.9. The minimum Gasteiger partial charge on any atom is -0.497 e. The van der Waals surface area contributed by atoms with E-state index in [1.54, 1.807) is 57.4 Å². The first-order valence-electron chi connectivity index (χ1n) is 13.2. The predicted molar refractivity (Wildman–Crippen MR) is 160 cm³/mol. The Kier molecular flexibility index (Phi) is 8.12. The molecule has 0 radical (unpaired) electrons. The van der Waals surface area contributed by atoms with E-state index in [2.05, 4.69) is 4.99 Å². The molecule has 2 aromatic carbocycles. The molecule has 8 nitrogen and oxygen atoms in total. The highest BCUT2D eigenvalue weighted by molar-refractivity contribution is 7.07. The second-order valence-corrected chi connectivity index (χ2v) is 11.1. The van der Waals surface area contributed by atoms with E-state index in [0.29, 0.717) is 37.8 Å². The molecular formula is C31H29ClFN3O5S. The summed E-state index contributed by atoms with van der Waals surface area (Å²) in [5.41, 5.74) is 4.23. The average Bonchev–Trinajstić information content (AvgIpc) is 3.42. The number of aromatic nitrogens is 2. The number of ether oxygens (including phenoxy) is 3. The molecule has 0 spiro atoms. The minimum absolute atomic E-state index is 0.0246. The van der Waals surface area contributed by atoms with Crippen LogP contribution in [0.4, 0.5) is 4.39 Å². The lowest BCUT2D eigenvalue weighted by molar-refractivity contribution is -0.139. The summed E-state index contributed by atoms with van der Waals surface area (Å²) in [6.07, 6.45) is 1.81. The predicted octanol–water partition coefficient (Wildman–Crippen LogP) is 5.02. The fourth-order valence-corrected chi connectivity index (χ4v) is 6.44. The van der Waals surface area contributed by atoms with Crippen LogP contribution in [-0.2, 0) is 9.53 Å². The molecule has 1 aliphatic rings. The summed E-state index contributed by atoms with van der Waals surface area (Å²) < 4.78 is 34.1. The van der Waals surface area contributed by atoms with Crippen molar-refractivity contribution in [2.45, 2.75) is 33.7 Å². The Morgan fingerprint density at radius 1 is 1.12 bits per heavy atom. The number of thiazole rings is 1. The van der Waals surface area contributed by atoms with E-state index in [0.717, 1.165) is 17.0 Å². The van der Waals surface area contributed by atoms with E-state index in [4.69, 9.17) is 25.8 Å². The maximum atomic E-state index is 14.1. The van der Waals surface area contributed by atoms with Crippen LogP contribution in [-0.4, -0.2) is 35.9 Å². The van der Waals surface area contributed by atoms with E-state index in [1.165, 1.54) is 29.1 Å². The van der Waals surface area contributed by atoms with Crippen LogP contribution in [0.2, 0.25) is 5.02 Å². The van der Waals surface area contributed by atoms with Crippen LogP contribution in [0.15, 0.2) is 63.5 Å². The Bertz CT molecular complexity index is 1940. The SMILES string of the molecule is CCOC(=O)C1=C(C)N=c2s/c(=C/c3cc(C)n(-c4ccc(F)c(Cl)c4)c3C)c(=O)n2[C@@H]1c1ccc(OC)cc1OC. The number of benzene rings is 2. The van der Waals surface area contributed by atoms with Gasteiger partial charge in [-0.3, -0.25) is 9.36 Å². The minimum atomic E-state index is -0.836. The zero-order valence-corrected chi connectivity index (χ0v) is 25.5. The molecular weight excluding hydrogens is 581 g/mol. The number of halogens is 2. The van der Waals surface area contributed by atoms with Gasteiger partial charge in [0.15, 0.2) is 4.80 Å². The molecule has 0 unspecified atom stereocenters. The lowest BCUT2D eigenvalue weighted by Crippen LogP contribution is -2.40. The van der Waals surface area contributed by atoms with Crippen molar-refractivity contribution in [3.05, 3.63) is 107 Å². The Balaban J connectivity index is 1.72. The van der Waals surface area contributed by atoms with Crippen LogP contribution < -0.4 is 24.4 Å². The summed E-state index contributed by atoms with van der Waals surface area (Å²) >= 11 is 7.28. The third kappa shape index (κ3) is 5.05. The maximum absolute atomic E-state index is 14.1. The Hall–Kier alpha value is -4.15. The summed E-state index contributed by atoms with van der Waals surface area (Å²) in [7, 11) is 3.07. The van der Waals surface area contributed by atoms with Gasteiger partial charge in [0, 0.05) is 28.7 Å². The van der Waals surface area contributed by atoms with E-state index < -0.39 is 17.8 Å². The molecule has 42 heavy (non-hydrogen) atoms. The molecule has 11 heteroatoms. The van der Waals surface area contributed by atoms with Gasteiger partial charge in [0.1, 0.15) is 23.4 Å². The zero-order chi connectivity index (χ0) is 30.3. The standard InChI is InChI=1S/C31H29ClFN3O5S/c1-7-41-30(38)27-17(3)34-31-36(28(27)22-10-9-21(39-5)15-25(22)40-6)29(37)26(42-31)13-19-12-16(2)35(18(19)4)20-8-11-24(33)23(32)14-20/h8-15,28H,7H2,1-6H3/b26-13+/t28-/m1/s1. The molecule has 0 aliphatic carbocycles. The summed E-state index contributed by atoms with van der Waals surface area (Å²) in [5.74, 6) is -0.0340. The van der Waals surface area contributed by atoms with Crippen molar-refractivity contribution in [1.29, 1.82) is 0 Å². The molecule has 218 valence electrons. The smallest absolute Gasteiger partial charge is 0.338 e. The zero-order valence-electron chi connectivity index (χ0n) is 24.0. The van der Waals surface area contributed by atoms with Gasteiger partial charge in [0.2, 0.25) is 0 Å². The number of aryl methyl sites for hydroxylation is 1. The quantitative estimate of drug-likeness (QED) is 0.275. The number of rotatable bonds is 7. The number of allylic oxidation sites excluding steroid dienone is 1. The van der Waals surface area contributed by atoms with Crippen molar-refractivity contribution in [1.82, 2.24) is 9.13 Å². The van der Waals surface area contributed by atoms with Gasteiger partial charge in [-0.05, 0) is 75.7 Å². The number of hydrogen-bond donors (Lipinski definition) is 0. The normalized spacial score (nSPS) is 15.0. The Morgan fingerprint density at radius 3 is 2.55 bits per heavy atom. The fraction of sp³-hybridized carbons (Fsp3) is 0.258. The number of fused-ring (bicyclic) bond motifs is 1. The molecule has 1 aliphatic heterocycles. The molecule has 0 saturated heterocycles. The Morgan fingerprint density at radius 2 is 1.88 bits per heavy atom. The lowest BCUT2D eigenvalue weighted by Gasteiger charge is -2.26. The number of carbonyl (C=O) groups is 1. The Labute approximate surface area is 250 Å². The van der Waals surface area contributed by atoms with Gasteiger partial charge in [0.25, 0.3) is 5.56 Å². The van der Waals surface area contributed by atoms with Gasteiger partial charge < -0.3 is 18.8 Å². The fourth-order valence-electron chi connectivity index (χ4n) is 5.23. The highest BCUT2D eigenvalue weighted by Gasteiger charge is 2.35. The van der Waals surface area contributed by atoms with Crippen LogP contribution >= 0.6 is 22.9 Å². The van der Waals surface area contributed by atoms with Crippen LogP contribution in [0, 0.1) is 19.7 Å². The molecule has 3 heterocycles. The van der Waals surface area contributed by atoms with E-state index in [9.17, 15) is 14.0 Å². The highest BCUT2D eigenvalue weighted by Crippen LogP contribution is 2.37. The van der Waals surface area contributed by atoms with E-state index in [1.807, 2.05) is 24.5 Å². The van der Waals surface area contributed by atoms with Crippen molar-refractivity contribution in [2.24, 2.45) is 4.99 Å². The van der Waals surface area contributed by atoms with Crippen molar-refractivity contribution < 1.29 is 23.4 Å². The molecule has 5 rings (SSSR count). The van der Waals surface area contributed by atoms with Gasteiger partial charge >= 0.3 is 5.97 Å². The van der Waals surface area contributed by atoms with Gasteiger partial charge in [-0.1, -0.05) is 22.9 Å². The van der Waals surface area contributed by atoms with Gasteiger partial charge in [-0.15, -0.1) is 0 Å². The van der Waals surface area contributed by atoms with Crippen molar-refractivity contribution in [2.75, 3.05) is 20.8 Å². The first kappa shape index (κ1) is 29.3. The van der Waals surface area contributed by atoms with Crippen LogP contribution in [0.3, 0.4) is 0 Å². The average molecular weight is 610 g/mol. The van der Waals surface area contributed by atoms with Gasteiger partial charge in [-0.2, -0.15) is 0 Å². The molecule has 0 saturated carbocycles. The van der Waals surface area contributed by atoms with E-state index >= 15 is 0 Å². The first-order chi connectivity index (χ1) is 20.1. The van der Waals surface area contributed by atoms with Gasteiger partial charge in [-0.25, -0.2) is 14.2 Å². The third-order valence-corrected chi connectivity index (χ3v) is 8.44. The lowest BCUT2D eigenvalue weighted by atomic mass is 9.95. The molecule has 1 atom stereocenters. The monoisotopic (exact) mass is 609 g/mol. The number of hydrogen-bond acceptors (Lipinski definition) is 7. The van der Waals surface area contributed by atoms with Crippen LogP contribution in [0.5, 0.6) is 11.5 Å². The number of carbonyl (C=O) groups excluding carboxylic acids is 1. The molecule has 0 N–H and O–H groups in total. The second-order valence-electron chi connectivity index (χ2n) is 9.67. The third-order valence-electron chi connectivity index (χ3n) is 7.17. The number of esters is 1. The maximum Gasteiger partial charge on any atom is 0.338 e. The summed E-state index contributed by atoms with van der Waals surface area (Å²) in [4.78, 5) is 32.4.